The predicted octanol–water partition coefficient (Wildman–Crippen LogP) is 2.12. The van der Waals surface area contributed by atoms with E-state index in [1.807, 2.05) is 13.0 Å². The molecule has 3 aliphatic rings. The van der Waals surface area contributed by atoms with Gasteiger partial charge in [0.15, 0.2) is 0 Å². The van der Waals surface area contributed by atoms with E-state index in [2.05, 4.69) is 49.4 Å². The maximum atomic E-state index is 13.6. The van der Waals surface area contributed by atoms with Crippen LogP contribution in [0.4, 0.5) is 17.3 Å². The number of pyridine rings is 1. The number of hydrogen-bond donors (Lipinski definition) is 2. The highest BCUT2D eigenvalue weighted by molar-refractivity contribution is 5.97. The summed E-state index contributed by atoms with van der Waals surface area (Å²) in [7, 11) is 4.23. The second kappa shape index (κ2) is 10.2. The largest absolute Gasteiger partial charge is 0.354 e. The Morgan fingerprint density at radius 2 is 1.81 bits per heavy atom. The zero-order chi connectivity index (χ0) is 25.3. The van der Waals surface area contributed by atoms with Crippen LogP contribution in [-0.4, -0.2) is 83.6 Å². The van der Waals surface area contributed by atoms with Crippen molar-refractivity contribution in [2.24, 2.45) is 0 Å². The summed E-state index contributed by atoms with van der Waals surface area (Å²) >= 11 is 0. The topological polar surface area (TPSA) is 98.6 Å². The fraction of sp³-hybridized carbons (Fsp3) is 0.615. The van der Waals surface area contributed by atoms with Crippen LogP contribution in [0.25, 0.3) is 0 Å². The van der Waals surface area contributed by atoms with Crippen LogP contribution in [0, 0.1) is 6.92 Å². The summed E-state index contributed by atoms with van der Waals surface area (Å²) in [4.78, 5) is 42.3. The Balaban J connectivity index is 1.32. The van der Waals surface area contributed by atoms with Gasteiger partial charge in [-0.25, -0.2) is 9.97 Å². The number of nitrogens with zero attached hydrogens (tertiary/aromatic N) is 6. The highest BCUT2D eigenvalue weighted by Crippen LogP contribution is 2.37. The van der Waals surface area contributed by atoms with E-state index in [0.717, 1.165) is 82.8 Å². The molecule has 1 saturated heterocycles. The molecule has 2 aromatic heterocycles. The van der Waals surface area contributed by atoms with Crippen molar-refractivity contribution in [3.05, 3.63) is 40.1 Å². The molecule has 5 rings (SSSR count). The molecule has 2 aliphatic heterocycles. The molecule has 4 heterocycles. The Bertz CT molecular complexity index is 1160. The molecule has 0 atom stereocenters. The number of aryl methyl sites for hydroxylation is 1. The first-order valence-corrected chi connectivity index (χ1v) is 13.2. The van der Waals surface area contributed by atoms with E-state index < -0.39 is 5.66 Å². The Labute approximate surface area is 212 Å². The normalized spacial score (nSPS) is 19.6. The second-order valence-electron chi connectivity index (χ2n) is 10.6. The molecule has 1 aliphatic carbocycles. The van der Waals surface area contributed by atoms with Gasteiger partial charge in [-0.1, -0.05) is 6.42 Å². The van der Waals surface area contributed by atoms with Gasteiger partial charge in [0.25, 0.3) is 11.5 Å². The average Bonchev–Trinajstić information content (AvgIpc) is 3.14. The van der Waals surface area contributed by atoms with Gasteiger partial charge in [0.05, 0.1) is 0 Å². The van der Waals surface area contributed by atoms with Gasteiger partial charge in [0, 0.05) is 32.2 Å². The van der Waals surface area contributed by atoms with Crippen molar-refractivity contribution < 1.29 is 4.79 Å². The monoisotopic (exact) mass is 494 g/mol. The molecule has 36 heavy (non-hydrogen) atoms. The molecule has 10 heteroatoms. The molecule has 1 amide bonds. The standard InChI is InChI=1S/C26H38N8O2/c1-19-16-20(25(36)34-23(19)24(35)30-26(34)8-5-4-6-9-26)29-21-17-22(28-18-27-21)33-14-12-32(13-15-33)11-7-10-31(2)3/h16-18H,4-15H2,1-3H3,(H,30,35)(H,27,28,29). The Morgan fingerprint density at radius 1 is 1.06 bits per heavy atom. The minimum absolute atomic E-state index is 0.150. The van der Waals surface area contributed by atoms with Crippen LogP contribution in [0.2, 0.25) is 0 Å². The number of fused-ring (bicyclic) bond motifs is 2. The fourth-order valence-electron chi connectivity index (χ4n) is 5.87. The van der Waals surface area contributed by atoms with Crippen LogP contribution in [0.5, 0.6) is 0 Å². The van der Waals surface area contributed by atoms with Gasteiger partial charge in [-0.05, 0) is 77.8 Å². The first-order valence-electron chi connectivity index (χ1n) is 13.2. The summed E-state index contributed by atoms with van der Waals surface area (Å²) < 4.78 is 1.71. The van der Waals surface area contributed by atoms with Gasteiger partial charge in [0.1, 0.15) is 35.0 Å². The summed E-state index contributed by atoms with van der Waals surface area (Å²) in [5.74, 6) is 1.29. The van der Waals surface area contributed by atoms with E-state index in [1.165, 1.54) is 6.42 Å². The molecule has 1 spiro atoms. The summed E-state index contributed by atoms with van der Waals surface area (Å²) in [6.07, 6.45) is 7.43. The number of carbonyl (C=O) groups is 1. The zero-order valence-corrected chi connectivity index (χ0v) is 21.7. The third kappa shape index (κ3) is 4.84. The predicted molar refractivity (Wildman–Crippen MR) is 141 cm³/mol. The molecule has 1 saturated carbocycles. The summed E-state index contributed by atoms with van der Waals surface area (Å²) in [6.45, 7) is 7.95. The number of rotatable bonds is 7. The summed E-state index contributed by atoms with van der Waals surface area (Å²) in [5, 5.41) is 6.38. The first kappa shape index (κ1) is 24.7. The van der Waals surface area contributed by atoms with Gasteiger partial charge in [-0.3, -0.25) is 19.1 Å². The number of piperazine rings is 1. The minimum Gasteiger partial charge on any atom is -0.354 e. The average molecular weight is 495 g/mol. The first-order chi connectivity index (χ1) is 17.4. The van der Waals surface area contributed by atoms with Crippen molar-refractivity contribution in [1.82, 2.24) is 29.7 Å². The Hall–Kier alpha value is -2.98. The lowest BCUT2D eigenvalue weighted by Gasteiger charge is -2.35. The van der Waals surface area contributed by atoms with Crippen LogP contribution in [-0.2, 0) is 5.66 Å². The van der Waals surface area contributed by atoms with Crippen molar-refractivity contribution in [3.8, 4) is 0 Å². The second-order valence-corrected chi connectivity index (χ2v) is 10.6. The summed E-state index contributed by atoms with van der Waals surface area (Å²) in [6, 6.07) is 3.68. The van der Waals surface area contributed by atoms with Crippen LogP contribution in [0.15, 0.2) is 23.3 Å². The van der Waals surface area contributed by atoms with Crippen LogP contribution in [0.3, 0.4) is 0 Å². The van der Waals surface area contributed by atoms with Gasteiger partial charge >= 0.3 is 0 Å². The van der Waals surface area contributed by atoms with E-state index in [9.17, 15) is 9.59 Å². The van der Waals surface area contributed by atoms with E-state index in [1.54, 1.807) is 17.0 Å². The molecular weight excluding hydrogens is 456 g/mol. The Morgan fingerprint density at radius 3 is 2.53 bits per heavy atom. The third-order valence-electron chi connectivity index (χ3n) is 7.75. The maximum Gasteiger partial charge on any atom is 0.276 e. The van der Waals surface area contributed by atoms with Crippen LogP contribution < -0.4 is 21.1 Å². The number of nitrogens with one attached hydrogen (secondary N) is 2. The third-order valence-corrected chi connectivity index (χ3v) is 7.75. The highest BCUT2D eigenvalue weighted by atomic mass is 16.2. The van der Waals surface area contributed by atoms with Gasteiger partial charge in [0.2, 0.25) is 0 Å². The lowest BCUT2D eigenvalue weighted by atomic mass is 9.89. The molecular formula is C26H38N8O2. The molecule has 0 bridgehead atoms. The molecule has 10 nitrogen and oxygen atoms in total. The number of hydrogen-bond acceptors (Lipinski definition) is 8. The van der Waals surface area contributed by atoms with Crippen molar-refractivity contribution in [1.29, 1.82) is 0 Å². The van der Waals surface area contributed by atoms with Crippen LogP contribution >= 0.6 is 0 Å². The highest BCUT2D eigenvalue weighted by Gasteiger charge is 2.45. The van der Waals surface area contributed by atoms with E-state index >= 15 is 0 Å². The molecule has 2 N–H and O–H groups in total. The van der Waals surface area contributed by atoms with Gasteiger partial charge in [-0.15, -0.1) is 0 Å². The Kier molecular flexibility index (Phi) is 6.98. The lowest BCUT2D eigenvalue weighted by Crippen LogP contribution is -2.48. The quantitative estimate of drug-likeness (QED) is 0.604. The van der Waals surface area contributed by atoms with Gasteiger partial charge in [-0.2, -0.15) is 0 Å². The number of anilines is 3. The molecule has 2 aromatic rings. The van der Waals surface area contributed by atoms with E-state index in [-0.39, 0.29) is 11.5 Å². The minimum atomic E-state index is -0.604. The van der Waals surface area contributed by atoms with Crippen LogP contribution in [0.1, 0.15) is 54.6 Å². The smallest absolute Gasteiger partial charge is 0.276 e. The van der Waals surface area contributed by atoms with E-state index in [4.69, 9.17) is 0 Å². The number of amides is 1. The van der Waals surface area contributed by atoms with Crippen molar-refractivity contribution >= 4 is 23.2 Å². The SMILES string of the molecule is Cc1cc(Nc2cc(N3CCN(CCCN(C)C)CC3)ncn2)c(=O)n2c1C(=O)NC21CCCCC1. The molecule has 0 unspecified atom stereocenters. The number of carbonyl (C=O) groups excluding carboxylic acids is 1. The summed E-state index contributed by atoms with van der Waals surface area (Å²) in [5.41, 5.74) is 0.930. The maximum absolute atomic E-state index is 13.6. The molecule has 0 radical (unpaired) electrons. The lowest BCUT2D eigenvalue weighted by molar-refractivity contribution is 0.0876. The molecule has 194 valence electrons. The van der Waals surface area contributed by atoms with Crippen molar-refractivity contribution in [2.45, 2.75) is 51.1 Å². The van der Waals surface area contributed by atoms with Crippen molar-refractivity contribution in [3.63, 3.8) is 0 Å². The number of aromatic nitrogens is 3. The fourth-order valence-corrected chi connectivity index (χ4v) is 5.87. The van der Waals surface area contributed by atoms with Crippen molar-refractivity contribution in [2.75, 3.05) is 63.6 Å². The van der Waals surface area contributed by atoms with Gasteiger partial charge < -0.3 is 20.4 Å². The molecule has 2 fully saturated rings. The molecule has 0 aromatic carbocycles. The van der Waals surface area contributed by atoms with E-state index in [0.29, 0.717) is 17.2 Å². The zero-order valence-electron chi connectivity index (χ0n) is 21.7.